The first-order valence-corrected chi connectivity index (χ1v) is 14.0. The first-order valence-electron chi connectivity index (χ1n) is 14.0. The highest BCUT2D eigenvalue weighted by Gasteiger charge is 2.60. The van der Waals surface area contributed by atoms with Crippen molar-refractivity contribution in [2.24, 2.45) is 58.2 Å². The average molecular weight is 452 g/mol. The predicted octanol–water partition coefficient (Wildman–Crippen LogP) is 5.27. The Labute approximate surface area is 198 Å². The predicted molar refractivity (Wildman–Crippen MR) is 126 cm³/mol. The molecule has 1 aliphatic heterocycles. The van der Waals surface area contributed by atoms with E-state index < -0.39 is 0 Å². The second-order valence-electron chi connectivity index (χ2n) is 13.9. The maximum atomic E-state index is 13.6. The van der Waals surface area contributed by atoms with E-state index in [2.05, 4.69) is 25.2 Å². The van der Waals surface area contributed by atoms with Crippen molar-refractivity contribution in [3.63, 3.8) is 0 Å². The second-order valence-corrected chi connectivity index (χ2v) is 13.9. The maximum Gasteiger partial charge on any atom is 0.330 e. The van der Waals surface area contributed by atoms with Gasteiger partial charge in [-0.25, -0.2) is 4.79 Å². The van der Waals surface area contributed by atoms with Crippen LogP contribution in [0.3, 0.4) is 0 Å². The molecule has 0 saturated heterocycles. The zero-order valence-corrected chi connectivity index (χ0v) is 20.4. The van der Waals surface area contributed by atoms with E-state index in [1.807, 2.05) is 0 Å². The van der Waals surface area contributed by atoms with Gasteiger partial charge >= 0.3 is 5.97 Å². The number of carbonyl (C=O) groups is 2. The van der Waals surface area contributed by atoms with Crippen LogP contribution in [0, 0.1) is 58.2 Å². The molecule has 7 atom stereocenters. The number of ether oxygens (including phenoxy) is 1. The topological polar surface area (TPSA) is 55.4 Å². The fourth-order valence-corrected chi connectivity index (χ4v) is 10.9. The summed E-state index contributed by atoms with van der Waals surface area (Å²) in [6.45, 7) is 4.81. The van der Waals surface area contributed by atoms with Gasteiger partial charge in [0, 0.05) is 23.5 Å². The molecule has 0 aromatic carbocycles. The van der Waals surface area contributed by atoms with Gasteiger partial charge in [0.2, 0.25) is 5.91 Å². The van der Waals surface area contributed by atoms with Crippen LogP contribution in [0.5, 0.6) is 0 Å². The smallest absolute Gasteiger partial charge is 0.330 e. The van der Waals surface area contributed by atoms with Crippen LogP contribution >= 0.6 is 0 Å². The van der Waals surface area contributed by atoms with Crippen molar-refractivity contribution in [3.05, 3.63) is 12.2 Å². The molecule has 180 valence electrons. The van der Waals surface area contributed by atoms with Gasteiger partial charge in [-0.15, -0.1) is 0 Å². The molecule has 2 unspecified atom stereocenters. The number of rotatable bonds is 2. The zero-order valence-electron chi connectivity index (χ0n) is 20.4. The highest BCUT2D eigenvalue weighted by Crippen LogP contribution is 2.65. The van der Waals surface area contributed by atoms with Crippen LogP contribution in [-0.2, 0) is 14.3 Å². The minimum Gasteiger partial charge on any atom is -0.458 e. The Morgan fingerprint density at radius 3 is 2.42 bits per heavy atom. The van der Waals surface area contributed by atoms with Crippen molar-refractivity contribution in [1.29, 1.82) is 0 Å². The quantitative estimate of drug-likeness (QED) is 0.582. The summed E-state index contributed by atoms with van der Waals surface area (Å²) in [5.41, 5.74) is 0.268. The lowest BCUT2D eigenvalue weighted by molar-refractivity contribution is -0.166. The van der Waals surface area contributed by atoms with Crippen molar-refractivity contribution >= 4 is 11.9 Å². The summed E-state index contributed by atoms with van der Waals surface area (Å²) in [7, 11) is 0. The summed E-state index contributed by atoms with van der Waals surface area (Å²) in [5, 5.41) is 3.65. The summed E-state index contributed by atoms with van der Waals surface area (Å²) in [6, 6.07) is 0.463. The van der Waals surface area contributed by atoms with Crippen LogP contribution in [0.4, 0.5) is 0 Å². The molecule has 8 rings (SSSR count). The Kier molecular flexibility index (Phi) is 4.52. The molecule has 4 nitrogen and oxygen atoms in total. The second kappa shape index (κ2) is 7.10. The van der Waals surface area contributed by atoms with E-state index in [9.17, 15) is 9.59 Å². The Morgan fingerprint density at radius 1 is 0.970 bits per heavy atom. The lowest BCUT2D eigenvalue weighted by atomic mass is 9.49. The minimum absolute atomic E-state index is 0.0289. The van der Waals surface area contributed by atoms with Crippen LogP contribution in [-0.4, -0.2) is 24.0 Å². The van der Waals surface area contributed by atoms with Gasteiger partial charge in [0.25, 0.3) is 0 Å². The third-order valence-corrected chi connectivity index (χ3v) is 12.2. The van der Waals surface area contributed by atoms with E-state index in [4.69, 9.17) is 4.74 Å². The third-order valence-electron chi connectivity index (χ3n) is 12.2. The number of hydrogen-bond acceptors (Lipinski definition) is 3. The molecule has 7 aliphatic carbocycles. The van der Waals surface area contributed by atoms with Gasteiger partial charge in [0.1, 0.15) is 6.10 Å². The van der Waals surface area contributed by atoms with Gasteiger partial charge in [0.05, 0.1) is 0 Å². The lowest BCUT2D eigenvalue weighted by Gasteiger charge is -2.57. The minimum atomic E-state index is -0.168. The number of fused-ring (bicyclic) bond motifs is 5. The molecule has 7 fully saturated rings. The fourth-order valence-electron chi connectivity index (χ4n) is 10.9. The SMILES string of the molecule is C[C@]12CC[C@@H]3[C@@H](CCC4OC(=O)C=C[C@@]43C)[C@@H]1CC(C(=O)NC1C3CC4CC(C3)CC1C4)C2. The van der Waals surface area contributed by atoms with E-state index in [0.29, 0.717) is 35.1 Å². The van der Waals surface area contributed by atoms with E-state index in [1.165, 1.54) is 44.9 Å². The van der Waals surface area contributed by atoms with Gasteiger partial charge in [0.15, 0.2) is 0 Å². The van der Waals surface area contributed by atoms with Crippen LogP contribution < -0.4 is 5.32 Å². The summed E-state index contributed by atoms with van der Waals surface area (Å²) >= 11 is 0. The van der Waals surface area contributed by atoms with Crippen molar-refractivity contribution < 1.29 is 14.3 Å². The summed E-state index contributed by atoms with van der Waals surface area (Å²) in [5.74, 6) is 5.69. The molecule has 4 heteroatoms. The molecular formula is C29H41NO3. The highest BCUT2D eigenvalue weighted by atomic mass is 16.5. The molecule has 0 radical (unpaired) electrons. The number of nitrogens with one attached hydrogen (secondary N) is 1. The average Bonchev–Trinajstić information content (AvgIpc) is 3.14. The first kappa shape index (κ1) is 21.0. The van der Waals surface area contributed by atoms with Crippen LogP contribution in [0.25, 0.3) is 0 Å². The molecular weight excluding hydrogens is 410 g/mol. The number of amides is 1. The zero-order chi connectivity index (χ0) is 22.5. The standard InChI is InChI=1S/C29H41NO3/c1-28-7-5-22-21(3-4-24-29(22,2)8-6-25(31)33-24)23(28)14-20(15-28)27(32)30-26-18-10-16-9-17(12-18)13-19(26)11-16/h6,8,16-24,26H,3-5,7,9-15H2,1-2H3,(H,30,32)/t16?,17?,18?,19?,20?,21-,22-,23+,24?,26?,28-,29-/m1/s1. The summed E-state index contributed by atoms with van der Waals surface area (Å²) in [6.07, 6.45) is 17.5. The molecule has 0 aromatic rings. The molecule has 1 heterocycles. The molecule has 7 saturated carbocycles. The van der Waals surface area contributed by atoms with Gasteiger partial charge < -0.3 is 10.1 Å². The summed E-state index contributed by atoms with van der Waals surface area (Å²) in [4.78, 5) is 25.5. The normalized spacial score (nSPS) is 56.0. The van der Waals surface area contributed by atoms with Gasteiger partial charge in [-0.1, -0.05) is 19.9 Å². The highest BCUT2D eigenvalue weighted by molar-refractivity contribution is 5.83. The summed E-state index contributed by atoms with van der Waals surface area (Å²) < 4.78 is 5.78. The molecule has 4 bridgehead atoms. The first-order chi connectivity index (χ1) is 15.8. The van der Waals surface area contributed by atoms with Crippen molar-refractivity contribution in [2.75, 3.05) is 0 Å². The monoisotopic (exact) mass is 451 g/mol. The lowest BCUT2D eigenvalue weighted by Crippen LogP contribution is -2.56. The third kappa shape index (κ3) is 3.07. The number of esters is 1. The van der Waals surface area contributed by atoms with E-state index in [-0.39, 0.29) is 23.4 Å². The molecule has 8 aliphatic rings. The molecule has 0 aromatic heterocycles. The van der Waals surface area contributed by atoms with E-state index in [0.717, 1.165) is 49.4 Å². The molecule has 1 amide bonds. The van der Waals surface area contributed by atoms with Crippen LogP contribution in [0.2, 0.25) is 0 Å². The van der Waals surface area contributed by atoms with E-state index >= 15 is 0 Å². The van der Waals surface area contributed by atoms with Crippen LogP contribution in [0.1, 0.15) is 84.5 Å². The Hall–Kier alpha value is -1.32. The Bertz CT molecular complexity index is 867. The Balaban J connectivity index is 1.07. The van der Waals surface area contributed by atoms with Crippen molar-refractivity contribution in [2.45, 2.75) is 96.6 Å². The number of carbonyl (C=O) groups excluding carboxylic acids is 2. The largest absolute Gasteiger partial charge is 0.458 e. The number of hydrogen-bond donors (Lipinski definition) is 1. The van der Waals surface area contributed by atoms with E-state index in [1.54, 1.807) is 6.08 Å². The molecule has 33 heavy (non-hydrogen) atoms. The molecule has 1 N–H and O–H groups in total. The van der Waals surface area contributed by atoms with Gasteiger partial charge in [-0.05, 0) is 117 Å². The maximum absolute atomic E-state index is 13.6. The van der Waals surface area contributed by atoms with Crippen molar-refractivity contribution in [1.82, 2.24) is 5.32 Å². The fraction of sp³-hybridized carbons (Fsp3) is 0.862. The Morgan fingerprint density at radius 2 is 1.70 bits per heavy atom. The van der Waals surface area contributed by atoms with Crippen molar-refractivity contribution in [3.8, 4) is 0 Å². The van der Waals surface area contributed by atoms with Crippen LogP contribution in [0.15, 0.2) is 12.2 Å². The van der Waals surface area contributed by atoms with Gasteiger partial charge in [-0.3, -0.25) is 4.79 Å². The van der Waals surface area contributed by atoms with Gasteiger partial charge in [-0.2, -0.15) is 0 Å². The molecule has 0 spiro atoms.